The van der Waals surface area contributed by atoms with Crippen LogP contribution in [-0.4, -0.2) is 36.0 Å². The summed E-state index contributed by atoms with van der Waals surface area (Å²) in [6, 6.07) is 3.84. The van der Waals surface area contributed by atoms with Crippen molar-refractivity contribution in [3.63, 3.8) is 0 Å². The monoisotopic (exact) mass is 375 g/mol. The third kappa shape index (κ3) is 4.12. The van der Waals surface area contributed by atoms with Gasteiger partial charge in [0.2, 0.25) is 5.91 Å². The highest BCUT2D eigenvalue weighted by molar-refractivity contribution is 7.09. The van der Waals surface area contributed by atoms with E-state index in [0.717, 1.165) is 43.6 Å². The summed E-state index contributed by atoms with van der Waals surface area (Å²) >= 11 is 1.72. The third-order valence-corrected chi connectivity index (χ3v) is 7.26. The lowest BCUT2D eigenvalue weighted by molar-refractivity contribution is -0.120. The topological polar surface area (TPSA) is 61.4 Å². The van der Waals surface area contributed by atoms with Crippen molar-refractivity contribution >= 4 is 23.3 Å². The molecule has 4 fully saturated rings. The number of rotatable bonds is 6. The van der Waals surface area contributed by atoms with Gasteiger partial charge in [-0.2, -0.15) is 0 Å². The van der Waals surface area contributed by atoms with E-state index in [4.69, 9.17) is 0 Å². The Labute approximate surface area is 159 Å². The number of imide groups is 1. The van der Waals surface area contributed by atoms with Gasteiger partial charge in [-0.25, -0.2) is 4.79 Å². The summed E-state index contributed by atoms with van der Waals surface area (Å²) in [7, 11) is 2.00. The van der Waals surface area contributed by atoms with Gasteiger partial charge in [0, 0.05) is 29.9 Å². The van der Waals surface area contributed by atoms with E-state index in [2.05, 4.69) is 27.0 Å². The fourth-order valence-electron chi connectivity index (χ4n) is 5.76. The first-order chi connectivity index (χ1) is 12.5. The molecule has 4 aliphatic carbocycles. The molecule has 0 radical (unpaired) electrons. The van der Waals surface area contributed by atoms with Crippen LogP contribution in [0.2, 0.25) is 0 Å². The number of amides is 3. The van der Waals surface area contributed by atoms with E-state index >= 15 is 0 Å². The molecular formula is C20H29N3O2S. The Kier molecular flexibility index (Phi) is 5.06. The highest BCUT2D eigenvalue weighted by Crippen LogP contribution is 2.55. The van der Waals surface area contributed by atoms with Crippen LogP contribution in [0.25, 0.3) is 0 Å². The van der Waals surface area contributed by atoms with E-state index in [1.54, 1.807) is 11.3 Å². The van der Waals surface area contributed by atoms with Crippen molar-refractivity contribution in [2.75, 3.05) is 13.6 Å². The average Bonchev–Trinajstić information content (AvgIpc) is 3.03. The number of nitrogens with zero attached hydrogens (tertiary/aromatic N) is 1. The Morgan fingerprint density at radius 3 is 2.42 bits per heavy atom. The molecule has 0 spiro atoms. The molecule has 2 N–H and O–H groups in total. The number of hydrogen-bond acceptors (Lipinski definition) is 4. The van der Waals surface area contributed by atoms with Crippen LogP contribution < -0.4 is 10.6 Å². The maximum absolute atomic E-state index is 12.4. The average molecular weight is 376 g/mol. The molecule has 3 amide bonds. The van der Waals surface area contributed by atoms with Crippen LogP contribution in [0.15, 0.2) is 17.5 Å². The SMILES string of the molecule is CN(CCC(=O)NC(=O)NC12CC3CC(CC(C3)C1)C2)Cc1cccs1. The molecule has 0 saturated heterocycles. The fraction of sp³-hybridized carbons (Fsp3) is 0.700. The van der Waals surface area contributed by atoms with Crippen LogP contribution in [-0.2, 0) is 11.3 Å². The summed E-state index contributed by atoms with van der Waals surface area (Å²) in [6.07, 6.45) is 7.68. The first-order valence-electron chi connectivity index (χ1n) is 9.83. The molecular weight excluding hydrogens is 346 g/mol. The van der Waals surface area contributed by atoms with Gasteiger partial charge in [0.15, 0.2) is 0 Å². The predicted octanol–water partition coefficient (Wildman–Crippen LogP) is 3.36. The molecule has 0 aliphatic heterocycles. The van der Waals surface area contributed by atoms with E-state index in [1.165, 1.54) is 24.1 Å². The van der Waals surface area contributed by atoms with Crippen molar-refractivity contribution in [1.82, 2.24) is 15.5 Å². The van der Waals surface area contributed by atoms with Gasteiger partial charge in [-0.05, 0) is 74.8 Å². The Morgan fingerprint density at radius 1 is 1.19 bits per heavy atom. The molecule has 4 aliphatic rings. The zero-order valence-electron chi connectivity index (χ0n) is 15.5. The predicted molar refractivity (Wildman–Crippen MR) is 103 cm³/mol. The Bertz CT molecular complexity index is 623. The van der Waals surface area contributed by atoms with Gasteiger partial charge in [-0.15, -0.1) is 11.3 Å². The molecule has 0 unspecified atom stereocenters. The quantitative estimate of drug-likeness (QED) is 0.801. The molecule has 0 aromatic carbocycles. The highest BCUT2D eigenvalue weighted by Gasteiger charge is 2.51. The summed E-state index contributed by atoms with van der Waals surface area (Å²) in [5.41, 5.74) is -0.0466. The van der Waals surface area contributed by atoms with Crippen molar-refractivity contribution in [1.29, 1.82) is 0 Å². The smallest absolute Gasteiger partial charge is 0.321 e. The standard InChI is InChI=1S/C20H29N3O2S/c1-23(13-17-3-2-6-26-17)5-4-18(24)21-19(25)22-20-10-14-7-15(11-20)9-16(8-14)12-20/h2-3,6,14-16H,4-5,7-13H2,1H3,(H2,21,22,24,25). The summed E-state index contributed by atoms with van der Waals surface area (Å²) in [4.78, 5) is 27.9. The minimum absolute atomic E-state index is 0.0466. The number of nitrogens with one attached hydrogen (secondary N) is 2. The largest absolute Gasteiger partial charge is 0.332 e. The van der Waals surface area contributed by atoms with Gasteiger partial charge < -0.3 is 10.2 Å². The van der Waals surface area contributed by atoms with Gasteiger partial charge in [0.25, 0.3) is 0 Å². The van der Waals surface area contributed by atoms with Crippen LogP contribution >= 0.6 is 11.3 Å². The summed E-state index contributed by atoms with van der Waals surface area (Å²) < 4.78 is 0. The minimum Gasteiger partial charge on any atom is -0.332 e. The fourth-order valence-corrected chi connectivity index (χ4v) is 6.55. The van der Waals surface area contributed by atoms with E-state index < -0.39 is 0 Å². The zero-order chi connectivity index (χ0) is 18.1. The van der Waals surface area contributed by atoms with Crippen LogP contribution in [0.3, 0.4) is 0 Å². The van der Waals surface area contributed by atoms with Gasteiger partial charge >= 0.3 is 6.03 Å². The second kappa shape index (κ2) is 7.31. The first kappa shape index (κ1) is 18.0. The van der Waals surface area contributed by atoms with Crippen molar-refractivity contribution < 1.29 is 9.59 Å². The zero-order valence-corrected chi connectivity index (χ0v) is 16.3. The van der Waals surface area contributed by atoms with Crippen molar-refractivity contribution in [3.8, 4) is 0 Å². The van der Waals surface area contributed by atoms with Crippen LogP contribution in [0.4, 0.5) is 4.79 Å². The second-order valence-electron chi connectivity index (χ2n) is 8.77. The number of carbonyl (C=O) groups is 2. The van der Waals surface area contributed by atoms with Crippen LogP contribution in [0, 0.1) is 17.8 Å². The molecule has 5 rings (SSSR count). The van der Waals surface area contributed by atoms with Crippen LogP contribution in [0.5, 0.6) is 0 Å². The lowest BCUT2D eigenvalue weighted by Gasteiger charge is -2.56. The Hall–Kier alpha value is -1.40. The van der Waals surface area contributed by atoms with Gasteiger partial charge in [0.05, 0.1) is 0 Å². The third-order valence-electron chi connectivity index (χ3n) is 6.40. The second-order valence-corrected chi connectivity index (χ2v) is 9.80. The lowest BCUT2D eigenvalue weighted by Crippen LogP contribution is -2.61. The molecule has 142 valence electrons. The lowest BCUT2D eigenvalue weighted by atomic mass is 9.53. The van der Waals surface area contributed by atoms with E-state index in [9.17, 15) is 9.59 Å². The molecule has 1 heterocycles. The molecule has 1 aromatic heterocycles. The normalized spacial score (nSPS) is 32.0. The van der Waals surface area contributed by atoms with Crippen molar-refractivity contribution in [3.05, 3.63) is 22.4 Å². The van der Waals surface area contributed by atoms with Gasteiger partial charge in [-0.3, -0.25) is 10.1 Å². The van der Waals surface area contributed by atoms with E-state index in [0.29, 0.717) is 13.0 Å². The number of carbonyl (C=O) groups excluding carboxylic acids is 2. The van der Waals surface area contributed by atoms with Crippen LogP contribution in [0.1, 0.15) is 49.8 Å². The minimum atomic E-state index is -0.294. The number of hydrogen-bond donors (Lipinski definition) is 2. The van der Waals surface area contributed by atoms with Crippen molar-refractivity contribution in [2.24, 2.45) is 17.8 Å². The van der Waals surface area contributed by atoms with Gasteiger partial charge in [0.1, 0.15) is 0 Å². The molecule has 4 saturated carbocycles. The van der Waals surface area contributed by atoms with Gasteiger partial charge in [-0.1, -0.05) is 6.07 Å². The number of urea groups is 1. The number of thiophene rings is 1. The summed E-state index contributed by atoms with van der Waals surface area (Å²) in [6.45, 7) is 1.48. The maximum Gasteiger partial charge on any atom is 0.321 e. The molecule has 1 aromatic rings. The van der Waals surface area contributed by atoms with E-state index in [-0.39, 0.29) is 17.5 Å². The Balaban J connectivity index is 1.21. The summed E-state index contributed by atoms with van der Waals surface area (Å²) in [5, 5.41) is 7.81. The maximum atomic E-state index is 12.4. The summed E-state index contributed by atoms with van der Waals surface area (Å²) in [5.74, 6) is 2.15. The van der Waals surface area contributed by atoms with E-state index in [1.807, 2.05) is 13.1 Å². The molecule has 0 atom stereocenters. The van der Waals surface area contributed by atoms with Crippen molar-refractivity contribution in [2.45, 2.75) is 57.0 Å². The molecule has 26 heavy (non-hydrogen) atoms. The highest BCUT2D eigenvalue weighted by atomic mass is 32.1. The molecule has 5 nitrogen and oxygen atoms in total. The first-order valence-corrected chi connectivity index (χ1v) is 10.7. The molecule has 4 bridgehead atoms. The molecule has 6 heteroatoms. The Morgan fingerprint density at radius 2 is 1.85 bits per heavy atom.